The monoisotopic (exact) mass is 299 g/mol. The molecule has 0 radical (unpaired) electrons. The van der Waals surface area contributed by atoms with Crippen LogP contribution in [0.15, 0.2) is 29.2 Å². The summed E-state index contributed by atoms with van der Waals surface area (Å²) in [5.74, 6) is -1.50. The van der Waals surface area contributed by atoms with Crippen molar-refractivity contribution in [2.75, 3.05) is 6.54 Å². The summed E-state index contributed by atoms with van der Waals surface area (Å²) in [5, 5.41) is 9.11. The Morgan fingerprint density at radius 3 is 2.40 bits per heavy atom. The fourth-order valence-electron chi connectivity index (χ4n) is 1.99. The fraction of sp³-hybridized carbons (Fsp3) is 0.500. The van der Waals surface area contributed by atoms with Gasteiger partial charge in [-0.1, -0.05) is 32.0 Å². The zero-order valence-electron chi connectivity index (χ0n) is 12.0. The van der Waals surface area contributed by atoms with Crippen molar-refractivity contribution >= 4 is 16.0 Å². The van der Waals surface area contributed by atoms with Gasteiger partial charge < -0.3 is 5.11 Å². The summed E-state index contributed by atoms with van der Waals surface area (Å²) in [6.07, 6.45) is 0.436. The van der Waals surface area contributed by atoms with Crippen LogP contribution in [-0.2, 0) is 14.8 Å². The molecular formula is C14H21NO4S. The fourth-order valence-corrected chi connectivity index (χ4v) is 3.31. The maximum absolute atomic E-state index is 12.2. The summed E-state index contributed by atoms with van der Waals surface area (Å²) in [5.41, 5.74) is 0.635. The first kappa shape index (κ1) is 16.7. The van der Waals surface area contributed by atoms with Crippen molar-refractivity contribution in [1.29, 1.82) is 0 Å². The topological polar surface area (TPSA) is 83.5 Å². The number of carboxylic acid groups (broad SMARTS) is 1. The number of hydrogen-bond acceptors (Lipinski definition) is 3. The van der Waals surface area contributed by atoms with Crippen LogP contribution in [0.25, 0.3) is 0 Å². The van der Waals surface area contributed by atoms with E-state index in [9.17, 15) is 13.2 Å². The lowest BCUT2D eigenvalue weighted by molar-refractivity contribution is -0.142. The van der Waals surface area contributed by atoms with Gasteiger partial charge in [-0.15, -0.1) is 0 Å². The summed E-state index contributed by atoms with van der Waals surface area (Å²) in [6.45, 7) is 5.43. The summed E-state index contributed by atoms with van der Waals surface area (Å²) >= 11 is 0. The van der Waals surface area contributed by atoms with E-state index in [1.165, 1.54) is 6.07 Å². The Bertz CT molecular complexity index is 566. The van der Waals surface area contributed by atoms with Crippen molar-refractivity contribution < 1.29 is 18.3 Å². The quantitative estimate of drug-likeness (QED) is 0.807. The summed E-state index contributed by atoms with van der Waals surface area (Å²) in [7, 11) is -3.67. The Labute approximate surface area is 120 Å². The van der Waals surface area contributed by atoms with Crippen molar-refractivity contribution in [3.05, 3.63) is 29.8 Å². The van der Waals surface area contributed by atoms with Gasteiger partial charge in [-0.3, -0.25) is 4.79 Å². The highest BCUT2D eigenvalue weighted by Crippen LogP contribution is 2.16. The largest absolute Gasteiger partial charge is 0.481 e. The SMILES string of the molecule is Cc1ccccc1S(=O)(=O)NCC(CC(C)C)C(=O)O. The van der Waals surface area contributed by atoms with Gasteiger partial charge in [0, 0.05) is 6.54 Å². The van der Waals surface area contributed by atoms with Gasteiger partial charge in [-0.2, -0.15) is 0 Å². The summed E-state index contributed by atoms with van der Waals surface area (Å²) in [4.78, 5) is 11.3. The molecule has 0 bridgehead atoms. The van der Waals surface area contributed by atoms with Crippen molar-refractivity contribution in [3.8, 4) is 0 Å². The van der Waals surface area contributed by atoms with Crippen LogP contribution in [0.1, 0.15) is 25.8 Å². The standard InChI is InChI=1S/C14H21NO4S/c1-10(2)8-12(14(16)17)9-15-20(18,19)13-7-5-4-6-11(13)3/h4-7,10,12,15H,8-9H2,1-3H3,(H,16,17). The van der Waals surface area contributed by atoms with E-state index >= 15 is 0 Å². The van der Waals surface area contributed by atoms with Crippen LogP contribution in [0.5, 0.6) is 0 Å². The van der Waals surface area contributed by atoms with Crippen LogP contribution < -0.4 is 4.72 Å². The molecule has 1 aromatic rings. The highest BCUT2D eigenvalue weighted by atomic mass is 32.2. The molecule has 1 aromatic carbocycles. The van der Waals surface area contributed by atoms with Crippen molar-refractivity contribution in [1.82, 2.24) is 4.72 Å². The van der Waals surface area contributed by atoms with E-state index < -0.39 is 21.9 Å². The molecule has 0 aliphatic heterocycles. The van der Waals surface area contributed by atoms with Crippen molar-refractivity contribution in [3.63, 3.8) is 0 Å². The molecule has 0 aromatic heterocycles. The van der Waals surface area contributed by atoms with E-state index in [0.29, 0.717) is 12.0 Å². The van der Waals surface area contributed by atoms with Gasteiger partial charge in [0.15, 0.2) is 0 Å². The molecule has 5 nitrogen and oxygen atoms in total. The zero-order valence-corrected chi connectivity index (χ0v) is 12.8. The van der Waals surface area contributed by atoms with E-state index in [0.717, 1.165) is 0 Å². The van der Waals surface area contributed by atoms with Crippen LogP contribution in [0.4, 0.5) is 0 Å². The van der Waals surface area contributed by atoms with Gasteiger partial charge >= 0.3 is 5.97 Å². The van der Waals surface area contributed by atoms with Gasteiger partial charge in [0.2, 0.25) is 10.0 Å². The number of carboxylic acids is 1. The van der Waals surface area contributed by atoms with Gasteiger partial charge in [-0.25, -0.2) is 13.1 Å². The highest BCUT2D eigenvalue weighted by Gasteiger charge is 2.23. The minimum Gasteiger partial charge on any atom is -0.481 e. The normalized spacial score (nSPS) is 13.4. The molecular weight excluding hydrogens is 278 g/mol. The molecule has 20 heavy (non-hydrogen) atoms. The number of sulfonamides is 1. The Kier molecular flexibility index (Phi) is 5.71. The number of aryl methyl sites for hydroxylation is 1. The number of rotatable bonds is 7. The predicted octanol–water partition coefficient (Wildman–Crippen LogP) is 2.02. The molecule has 0 amide bonds. The Hall–Kier alpha value is -1.40. The van der Waals surface area contributed by atoms with Crippen LogP contribution in [0.3, 0.4) is 0 Å². The molecule has 112 valence electrons. The zero-order chi connectivity index (χ0) is 15.3. The van der Waals surface area contributed by atoms with Crippen LogP contribution in [0.2, 0.25) is 0 Å². The first-order valence-corrected chi connectivity index (χ1v) is 8.00. The Morgan fingerprint density at radius 2 is 1.90 bits per heavy atom. The highest BCUT2D eigenvalue weighted by molar-refractivity contribution is 7.89. The minimum absolute atomic E-state index is 0.0931. The third-order valence-electron chi connectivity index (χ3n) is 3.01. The Balaban J connectivity index is 2.82. The molecule has 0 fully saturated rings. The molecule has 0 spiro atoms. The predicted molar refractivity (Wildman–Crippen MR) is 76.9 cm³/mol. The van der Waals surface area contributed by atoms with E-state index in [2.05, 4.69) is 4.72 Å². The summed E-state index contributed by atoms with van der Waals surface area (Å²) in [6, 6.07) is 6.62. The van der Waals surface area contributed by atoms with Gasteiger partial charge in [-0.05, 0) is 30.9 Å². The number of benzene rings is 1. The van der Waals surface area contributed by atoms with Crippen molar-refractivity contribution in [2.24, 2.45) is 11.8 Å². The first-order chi connectivity index (χ1) is 9.24. The molecule has 0 aliphatic rings. The minimum atomic E-state index is -3.67. The smallest absolute Gasteiger partial charge is 0.307 e. The lowest BCUT2D eigenvalue weighted by atomic mass is 9.98. The average Bonchev–Trinajstić information content (AvgIpc) is 2.34. The second kappa shape index (κ2) is 6.85. The van der Waals surface area contributed by atoms with E-state index in [1.807, 2.05) is 13.8 Å². The maximum atomic E-state index is 12.2. The number of carbonyl (C=O) groups is 1. The molecule has 0 saturated carbocycles. The molecule has 2 N–H and O–H groups in total. The van der Waals surface area contributed by atoms with E-state index in [4.69, 9.17) is 5.11 Å². The van der Waals surface area contributed by atoms with Crippen LogP contribution >= 0.6 is 0 Å². The van der Waals surface area contributed by atoms with Crippen LogP contribution in [-0.4, -0.2) is 26.0 Å². The van der Waals surface area contributed by atoms with Crippen molar-refractivity contribution in [2.45, 2.75) is 32.1 Å². The van der Waals surface area contributed by atoms with Gasteiger partial charge in [0.05, 0.1) is 10.8 Å². The van der Waals surface area contributed by atoms with E-state index in [1.54, 1.807) is 25.1 Å². The second-order valence-corrected chi connectivity index (χ2v) is 7.02. The molecule has 0 saturated heterocycles. The first-order valence-electron chi connectivity index (χ1n) is 6.52. The average molecular weight is 299 g/mol. The molecule has 1 atom stereocenters. The summed E-state index contributed by atoms with van der Waals surface area (Å²) < 4.78 is 26.7. The maximum Gasteiger partial charge on any atom is 0.307 e. The number of nitrogens with one attached hydrogen (secondary N) is 1. The third-order valence-corrected chi connectivity index (χ3v) is 4.59. The molecule has 6 heteroatoms. The molecule has 1 rings (SSSR count). The lowest BCUT2D eigenvalue weighted by Crippen LogP contribution is -2.34. The molecule has 0 aliphatic carbocycles. The van der Waals surface area contributed by atoms with Crippen LogP contribution in [0, 0.1) is 18.8 Å². The third kappa shape index (κ3) is 4.61. The van der Waals surface area contributed by atoms with Gasteiger partial charge in [0.1, 0.15) is 0 Å². The number of aliphatic carboxylic acids is 1. The lowest BCUT2D eigenvalue weighted by Gasteiger charge is -2.16. The molecule has 0 heterocycles. The number of hydrogen-bond donors (Lipinski definition) is 2. The second-order valence-electron chi connectivity index (χ2n) is 5.28. The molecule has 1 unspecified atom stereocenters. The Morgan fingerprint density at radius 1 is 1.30 bits per heavy atom. The van der Waals surface area contributed by atoms with Gasteiger partial charge in [0.25, 0.3) is 0 Å². The van der Waals surface area contributed by atoms with E-state index in [-0.39, 0.29) is 17.4 Å².